The van der Waals surface area contributed by atoms with E-state index < -0.39 is 0 Å². The van der Waals surface area contributed by atoms with Gasteiger partial charge in [0.2, 0.25) is 5.88 Å². The van der Waals surface area contributed by atoms with Gasteiger partial charge in [0.15, 0.2) is 0 Å². The molecule has 0 spiro atoms. The van der Waals surface area contributed by atoms with Gasteiger partial charge in [0, 0.05) is 29.9 Å². The molecule has 0 bridgehead atoms. The molecule has 1 unspecified atom stereocenters. The molecule has 1 aliphatic rings. The summed E-state index contributed by atoms with van der Waals surface area (Å²) >= 11 is 0. The molecule has 2 aromatic carbocycles. The number of anilines is 1. The van der Waals surface area contributed by atoms with Crippen molar-refractivity contribution in [2.75, 3.05) is 5.32 Å². The summed E-state index contributed by atoms with van der Waals surface area (Å²) in [6.07, 6.45) is 3.28. The Hall–Kier alpha value is -3.71. The van der Waals surface area contributed by atoms with Crippen LogP contribution in [0.5, 0.6) is 11.6 Å². The summed E-state index contributed by atoms with van der Waals surface area (Å²) < 4.78 is 7.67. The Labute approximate surface area is 181 Å². The third-order valence-electron chi connectivity index (χ3n) is 5.30. The number of rotatable bonds is 3. The van der Waals surface area contributed by atoms with E-state index in [1.165, 1.54) is 6.33 Å². The molecule has 31 heavy (non-hydrogen) atoms. The number of amides is 1. The maximum atomic E-state index is 12.7. The van der Waals surface area contributed by atoms with Gasteiger partial charge in [0.1, 0.15) is 12.1 Å². The van der Waals surface area contributed by atoms with Crippen LogP contribution < -0.4 is 15.4 Å². The van der Waals surface area contributed by atoms with Crippen LogP contribution in [0.15, 0.2) is 61.1 Å². The molecule has 5 rings (SSSR count). The number of aromatic nitrogens is 3. The smallest absolute Gasteiger partial charge is 0.330 e. The van der Waals surface area contributed by atoms with Crippen molar-refractivity contribution in [2.45, 2.75) is 33.9 Å². The normalized spacial score (nSPS) is 14.7. The molecular formula is C24H25N5O2. The van der Waals surface area contributed by atoms with Crippen molar-refractivity contribution in [3.63, 3.8) is 0 Å². The van der Waals surface area contributed by atoms with E-state index in [0.29, 0.717) is 18.2 Å². The molecule has 0 fully saturated rings. The highest BCUT2D eigenvalue weighted by Gasteiger charge is 2.25. The predicted molar refractivity (Wildman–Crippen MR) is 122 cm³/mol. The minimum absolute atomic E-state index is 0. The van der Waals surface area contributed by atoms with Crippen LogP contribution in [0, 0.1) is 6.92 Å². The van der Waals surface area contributed by atoms with Gasteiger partial charge >= 0.3 is 6.03 Å². The Kier molecular flexibility index (Phi) is 5.44. The van der Waals surface area contributed by atoms with Gasteiger partial charge in [-0.15, -0.1) is 0 Å². The van der Waals surface area contributed by atoms with Crippen molar-refractivity contribution < 1.29 is 9.53 Å². The lowest BCUT2D eigenvalue weighted by Gasteiger charge is -2.12. The lowest BCUT2D eigenvalue weighted by atomic mass is 10.1. The average Bonchev–Trinajstić information content (AvgIpc) is 3.32. The van der Waals surface area contributed by atoms with Crippen molar-refractivity contribution >= 4 is 22.6 Å². The third-order valence-corrected chi connectivity index (χ3v) is 5.30. The van der Waals surface area contributed by atoms with Crippen LogP contribution in [-0.4, -0.2) is 20.6 Å². The molecule has 4 aromatic rings. The summed E-state index contributed by atoms with van der Waals surface area (Å²) in [5.74, 6) is 1.23. The first kappa shape index (κ1) is 20.6. The predicted octanol–water partition coefficient (Wildman–Crippen LogP) is 5.41. The Morgan fingerprint density at radius 1 is 1.19 bits per heavy atom. The molecule has 3 heterocycles. The number of hydrogen-bond donors (Lipinski definition) is 2. The van der Waals surface area contributed by atoms with E-state index in [1.807, 2.05) is 55.5 Å². The van der Waals surface area contributed by atoms with E-state index in [0.717, 1.165) is 33.4 Å². The number of ether oxygens (including phenoxy) is 1. The molecule has 2 N–H and O–H groups in total. The quantitative estimate of drug-likeness (QED) is 0.467. The summed E-state index contributed by atoms with van der Waals surface area (Å²) in [6, 6.07) is 15.2. The zero-order chi connectivity index (χ0) is 20.7. The molecule has 1 aliphatic heterocycles. The van der Waals surface area contributed by atoms with Crippen LogP contribution in [0.2, 0.25) is 0 Å². The molecule has 1 amide bonds. The molecule has 158 valence electrons. The Morgan fingerprint density at radius 2 is 2.06 bits per heavy atom. The van der Waals surface area contributed by atoms with Crippen LogP contribution in [0.25, 0.3) is 10.9 Å². The van der Waals surface area contributed by atoms with E-state index in [1.54, 1.807) is 10.8 Å². The van der Waals surface area contributed by atoms with Gasteiger partial charge in [-0.3, -0.25) is 4.57 Å². The van der Waals surface area contributed by atoms with Crippen molar-refractivity contribution in [3.8, 4) is 11.6 Å². The minimum Gasteiger partial charge on any atom is -0.439 e. The highest BCUT2D eigenvalue weighted by atomic mass is 16.5. The van der Waals surface area contributed by atoms with Gasteiger partial charge in [-0.2, -0.15) is 0 Å². The van der Waals surface area contributed by atoms with E-state index in [2.05, 4.69) is 27.5 Å². The number of carbonyl (C=O) groups is 1. The molecule has 0 saturated carbocycles. The van der Waals surface area contributed by atoms with Gasteiger partial charge in [-0.1, -0.05) is 19.6 Å². The second kappa shape index (κ2) is 8.20. The summed E-state index contributed by atoms with van der Waals surface area (Å²) in [5, 5.41) is 7.19. The van der Waals surface area contributed by atoms with Crippen LogP contribution >= 0.6 is 0 Å². The number of fused-ring (bicyclic) bond motifs is 2. The Balaban J connectivity index is 0.00000231. The van der Waals surface area contributed by atoms with Crippen LogP contribution in [0.1, 0.15) is 37.2 Å². The molecule has 0 radical (unpaired) electrons. The molecule has 7 heteroatoms. The summed E-state index contributed by atoms with van der Waals surface area (Å²) in [6.45, 7) is 4.78. The molecule has 2 aromatic heterocycles. The fraction of sp³-hybridized carbons (Fsp3) is 0.208. The first-order valence-electron chi connectivity index (χ1n) is 9.82. The minimum atomic E-state index is -0.210. The topological polar surface area (TPSA) is 81.1 Å². The second-order valence-electron chi connectivity index (χ2n) is 7.45. The van der Waals surface area contributed by atoms with Crippen molar-refractivity contribution in [1.29, 1.82) is 0 Å². The van der Waals surface area contributed by atoms with E-state index in [4.69, 9.17) is 4.74 Å². The number of nitrogens with zero attached hydrogens (tertiary/aromatic N) is 3. The molecule has 0 aliphatic carbocycles. The van der Waals surface area contributed by atoms with Crippen molar-refractivity contribution in [2.24, 2.45) is 0 Å². The van der Waals surface area contributed by atoms with Gasteiger partial charge < -0.3 is 15.4 Å². The van der Waals surface area contributed by atoms with Gasteiger partial charge in [-0.05, 0) is 55.8 Å². The lowest BCUT2D eigenvalue weighted by Crippen LogP contribution is -2.18. The zero-order valence-corrected chi connectivity index (χ0v) is 16.7. The SMILES string of the molecule is C.Cc1cccc(NC(=O)n2ccc3cc(Oc4ncnc5c4C(C)NC5)ccc32)c1. The average molecular weight is 415 g/mol. The molecular weight excluding hydrogens is 390 g/mol. The lowest BCUT2D eigenvalue weighted by molar-refractivity contribution is 0.254. The maximum Gasteiger partial charge on any atom is 0.330 e. The first-order valence-corrected chi connectivity index (χ1v) is 9.82. The van der Waals surface area contributed by atoms with Crippen molar-refractivity contribution in [1.82, 2.24) is 19.9 Å². The van der Waals surface area contributed by atoms with Crippen LogP contribution in [0.4, 0.5) is 10.5 Å². The molecule has 1 atom stereocenters. The van der Waals surface area contributed by atoms with Gasteiger partial charge in [-0.25, -0.2) is 14.8 Å². The number of hydrogen-bond acceptors (Lipinski definition) is 5. The second-order valence-corrected chi connectivity index (χ2v) is 7.45. The Morgan fingerprint density at radius 3 is 2.90 bits per heavy atom. The largest absolute Gasteiger partial charge is 0.439 e. The Bertz CT molecular complexity index is 1260. The first-order chi connectivity index (χ1) is 14.6. The zero-order valence-electron chi connectivity index (χ0n) is 16.7. The fourth-order valence-corrected chi connectivity index (χ4v) is 3.80. The van der Waals surface area contributed by atoms with Gasteiger partial charge in [0.05, 0.1) is 16.8 Å². The summed E-state index contributed by atoms with van der Waals surface area (Å²) in [7, 11) is 0. The monoisotopic (exact) mass is 415 g/mol. The number of carbonyl (C=O) groups excluding carboxylic acids is 1. The molecule has 7 nitrogen and oxygen atoms in total. The fourth-order valence-electron chi connectivity index (χ4n) is 3.80. The molecule has 0 saturated heterocycles. The number of aryl methyl sites for hydroxylation is 1. The van der Waals surface area contributed by atoms with E-state index in [-0.39, 0.29) is 19.5 Å². The van der Waals surface area contributed by atoms with E-state index in [9.17, 15) is 4.79 Å². The van der Waals surface area contributed by atoms with Gasteiger partial charge in [0.25, 0.3) is 0 Å². The van der Waals surface area contributed by atoms with Crippen LogP contribution in [-0.2, 0) is 6.54 Å². The summed E-state index contributed by atoms with van der Waals surface area (Å²) in [4.78, 5) is 21.4. The summed E-state index contributed by atoms with van der Waals surface area (Å²) in [5.41, 5.74) is 4.62. The highest BCUT2D eigenvalue weighted by Crippen LogP contribution is 2.34. The highest BCUT2D eigenvalue weighted by molar-refractivity contribution is 5.98. The standard InChI is InChI=1S/C23H21N5O2.CH4/c1-14-4-3-5-17(10-14)27-23(29)28-9-8-16-11-18(6-7-20(16)28)30-22-21-15(2)24-12-19(21)25-13-26-22;/h3-11,13,15,24H,12H2,1-2H3,(H,27,29);1H4. The van der Waals surface area contributed by atoms with Crippen LogP contribution in [0.3, 0.4) is 0 Å². The maximum absolute atomic E-state index is 12.7. The number of benzene rings is 2. The number of nitrogens with one attached hydrogen (secondary N) is 2. The third kappa shape index (κ3) is 3.87. The van der Waals surface area contributed by atoms with Crippen molar-refractivity contribution in [3.05, 3.63) is 77.9 Å². The van der Waals surface area contributed by atoms with E-state index >= 15 is 0 Å².